The zero-order valence-electron chi connectivity index (χ0n) is 18.7. The Balaban J connectivity index is 0.00000289. The van der Waals surface area contributed by atoms with Crippen molar-refractivity contribution in [1.82, 2.24) is 15.5 Å². The molecule has 1 unspecified atom stereocenters. The molecule has 32 heavy (non-hydrogen) atoms. The molecule has 2 heterocycles. The van der Waals surface area contributed by atoms with E-state index >= 15 is 0 Å². The minimum atomic E-state index is 0. The number of amides is 1. The van der Waals surface area contributed by atoms with Crippen LogP contribution in [-0.2, 0) is 17.8 Å². The third-order valence-corrected chi connectivity index (χ3v) is 6.07. The van der Waals surface area contributed by atoms with Crippen molar-refractivity contribution in [3.05, 3.63) is 59.7 Å². The van der Waals surface area contributed by atoms with Gasteiger partial charge >= 0.3 is 0 Å². The molecule has 2 aliphatic heterocycles. The molecule has 0 bridgehead atoms. The quantitative estimate of drug-likeness (QED) is 0.341. The normalized spacial score (nSPS) is 17.9. The van der Waals surface area contributed by atoms with E-state index < -0.39 is 0 Å². The summed E-state index contributed by atoms with van der Waals surface area (Å²) in [6, 6.07) is 16.7. The zero-order valence-corrected chi connectivity index (χ0v) is 21.0. The molecule has 0 saturated carbocycles. The first-order chi connectivity index (χ1) is 15.2. The summed E-state index contributed by atoms with van der Waals surface area (Å²) in [7, 11) is 3.44. The van der Waals surface area contributed by atoms with Gasteiger partial charge in [0.1, 0.15) is 5.75 Å². The maximum Gasteiger partial charge on any atom is 0.242 e. The van der Waals surface area contributed by atoms with Gasteiger partial charge in [-0.05, 0) is 36.1 Å². The van der Waals surface area contributed by atoms with Gasteiger partial charge in [0.25, 0.3) is 0 Å². The van der Waals surface area contributed by atoms with E-state index in [1.165, 1.54) is 11.1 Å². The number of carbonyl (C=O) groups excluding carboxylic acids is 1. The van der Waals surface area contributed by atoms with Gasteiger partial charge in [0, 0.05) is 39.3 Å². The van der Waals surface area contributed by atoms with E-state index in [0.29, 0.717) is 12.5 Å². The third-order valence-electron chi connectivity index (χ3n) is 6.07. The lowest BCUT2D eigenvalue weighted by atomic mass is 10.00. The number of benzene rings is 2. The average Bonchev–Trinajstić information content (AvgIpc) is 3.29. The van der Waals surface area contributed by atoms with Crippen molar-refractivity contribution in [2.75, 3.05) is 45.2 Å². The van der Waals surface area contributed by atoms with Gasteiger partial charge in [-0.15, -0.1) is 24.0 Å². The first-order valence-corrected chi connectivity index (χ1v) is 10.9. The van der Waals surface area contributed by atoms with Crippen LogP contribution in [0.25, 0.3) is 0 Å². The molecule has 2 aromatic rings. The number of nitrogens with zero attached hydrogens (tertiary/aromatic N) is 3. The summed E-state index contributed by atoms with van der Waals surface area (Å²) < 4.78 is 5.50. The number of para-hydroxylation sites is 2. The van der Waals surface area contributed by atoms with Gasteiger partial charge in [-0.2, -0.15) is 0 Å². The standard InChI is InChI=1S/C24H31N5O2.HI/c1-25-24(26-15-23(30)29-13-11-18-7-3-4-8-19(18)16-29)27-20-12-14-28(17-20)21-9-5-6-10-22(21)31-2;/h3-10,20H,11-17H2,1-2H3,(H2,25,26,27);1H. The Morgan fingerprint density at radius 2 is 1.88 bits per heavy atom. The summed E-state index contributed by atoms with van der Waals surface area (Å²) in [6.45, 7) is 3.49. The Kier molecular flexibility index (Phi) is 8.60. The number of guanidine groups is 1. The third kappa shape index (κ3) is 5.65. The van der Waals surface area contributed by atoms with Crippen molar-refractivity contribution in [2.45, 2.75) is 25.4 Å². The number of nitrogens with one attached hydrogen (secondary N) is 2. The lowest BCUT2D eigenvalue weighted by Crippen LogP contribution is -2.48. The van der Waals surface area contributed by atoms with E-state index in [1.807, 2.05) is 29.2 Å². The largest absolute Gasteiger partial charge is 0.495 e. The van der Waals surface area contributed by atoms with Crippen LogP contribution in [0.1, 0.15) is 17.5 Å². The fourth-order valence-electron chi connectivity index (χ4n) is 4.36. The summed E-state index contributed by atoms with van der Waals surface area (Å²) in [4.78, 5) is 21.3. The van der Waals surface area contributed by atoms with Crippen LogP contribution in [0.15, 0.2) is 53.5 Å². The molecule has 8 heteroatoms. The maximum absolute atomic E-state index is 12.7. The smallest absolute Gasteiger partial charge is 0.242 e. The highest BCUT2D eigenvalue weighted by Crippen LogP contribution is 2.30. The number of rotatable bonds is 5. The fraction of sp³-hybridized carbons (Fsp3) is 0.417. The Morgan fingerprint density at radius 3 is 2.66 bits per heavy atom. The molecule has 2 aliphatic rings. The second-order valence-corrected chi connectivity index (χ2v) is 8.01. The Morgan fingerprint density at radius 1 is 1.12 bits per heavy atom. The van der Waals surface area contributed by atoms with Crippen molar-refractivity contribution in [2.24, 2.45) is 4.99 Å². The van der Waals surface area contributed by atoms with Crippen LogP contribution in [0.3, 0.4) is 0 Å². The van der Waals surface area contributed by atoms with Gasteiger partial charge in [0.15, 0.2) is 5.96 Å². The molecule has 2 N–H and O–H groups in total. The molecule has 0 spiro atoms. The number of anilines is 1. The average molecular weight is 549 g/mol. The summed E-state index contributed by atoms with van der Waals surface area (Å²) in [6.07, 6.45) is 1.91. The molecule has 2 aromatic carbocycles. The first kappa shape index (κ1) is 24.2. The molecular weight excluding hydrogens is 517 g/mol. The summed E-state index contributed by atoms with van der Waals surface area (Å²) in [5, 5.41) is 6.66. The molecule has 1 amide bonds. The highest BCUT2D eigenvalue weighted by atomic mass is 127. The number of methoxy groups -OCH3 is 1. The van der Waals surface area contributed by atoms with Gasteiger partial charge in [0.2, 0.25) is 5.91 Å². The van der Waals surface area contributed by atoms with E-state index in [9.17, 15) is 4.79 Å². The van der Waals surface area contributed by atoms with Crippen molar-refractivity contribution in [3.8, 4) is 5.75 Å². The fourth-order valence-corrected chi connectivity index (χ4v) is 4.36. The van der Waals surface area contributed by atoms with Gasteiger partial charge in [-0.3, -0.25) is 9.79 Å². The summed E-state index contributed by atoms with van der Waals surface area (Å²) in [5.41, 5.74) is 3.70. The van der Waals surface area contributed by atoms with E-state index in [-0.39, 0.29) is 42.5 Å². The van der Waals surface area contributed by atoms with Crippen LogP contribution in [0, 0.1) is 0 Å². The van der Waals surface area contributed by atoms with Gasteiger partial charge in [0.05, 0.1) is 19.3 Å². The molecule has 7 nitrogen and oxygen atoms in total. The van der Waals surface area contributed by atoms with Crippen molar-refractivity contribution in [1.29, 1.82) is 0 Å². The monoisotopic (exact) mass is 549 g/mol. The van der Waals surface area contributed by atoms with E-state index in [0.717, 1.165) is 43.9 Å². The Hall–Kier alpha value is -2.49. The number of carbonyl (C=O) groups is 1. The molecule has 0 aromatic heterocycles. The van der Waals surface area contributed by atoms with Gasteiger partial charge < -0.3 is 25.2 Å². The Bertz CT molecular complexity index is 951. The van der Waals surface area contributed by atoms with Gasteiger partial charge in [-0.1, -0.05) is 36.4 Å². The van der Waals surface area contributed by atoms with Crippen LogP contribution < -0.4 is 20.3 Å². The predicted molar refractivity (Wildman–Crippen MR) is 139 cm³/mol. The minimum Gasteiger partial charge on any atom is -0.495 e. The number of ether oxygens (including phenoxy) is 1. The minimum absolute atomic E-state index is 0. The van der Waals surface area contributed by atoms with Crippen molar-refractivity contribution >= 4 is 41.5 Å². The predicted octanol–water partition coefficient (Wildman–Crippen LogP) is 2.64. The molecule has 4 rings (SSSR count). The summed E-state index contributed by atoms with van der Waals surface area (Å²) in [5.74, 6) is 1.65. The number of halogens is 1. The SMILES string of the molecule is CN=C(NCC(=O)N1CCc2ccccc2C1)NC1CCN(c2ccccc2OC)C1.I. The Labute approximate surface area is 207 Å². The number of hydrogen-bond donors (Lipinski definition) is 2. The highest BCUT2D eigenvalue weighted by molar-refractivity contribution is 14.0. The topological polar surface area (TPSA) is 69.2 Å². The van der Waals surface area contributed by atoms with Crippen molar-refractivity contribution in [3.63, 3.8) is 0 Å². The number of aliphatic imine (C=N–C) groups is 1. The zero-order chi connectivity index (χ0) is 21.6. The molecule has 1 fully saturated rings. The lowest BCUT2D eigenvalue weighted by Gasteiger charge is -2.29. The summed E-state index contributed by atoms with van der Waals surface area (Å²) >= 11 is 0. The van der Waals surface area contributed by atoms with Crippen LogP contribution in [0.4, 0.5) is 5.69 Å². The highest BCUT2D eigenvalue weighted by Gasteiger charge is 2.26. The molecule has 0 radical (unpaired) electrons. The molecular formula is C24H32IN5O2. The van der Waals surface area contributed by atoms with Crippen LogP contribution >= 0.6 is 24.0 Å². The lowest BCUT2D eigenvalue weighted by molar-refractivity contribution is -0.130. The van der Waals surface area contributed by atoms with E-state index in [4.69, 9.17) is 4.74 Å². The molecule has 0 aliphatic carbocycles. The van der Waals surface area contributed by atoms with Crippen LogP contribution in [0.2, 0.25) is 0 Å². The van der Waals surface area contributed by atoms with Gasteiger partial charge in [-0.25, -0.2) is 0 Å². The molecule has 172 valence electrons. The number of hydrogen-bond acceptors (Lipinski definition) is 4. The molecule has 1 saturated heterocycles. The number of fused-ring (bicyclic) bond motifs is 1. The second-order valence-electron chi connectivity index (χ2n) is 8.01. The van der Waals surface area contributed by atoms with Crippen molar-refractivity contribution < 1.29 is 9.53 Å². The second kappa shape index (κ2) is 11.4. The van der Waals surface area contributed by atoms with Crippen LogP contribution in [0.5, 0.6) is 5.75 Å². The van der Waals surface area contributed by atoms with E-state index in [1.54, 1.807) is 14.2 Å². The maximum atomic E-state index is 12.7. The first-order valence-electron chi connectivity index (χ1n) is 10.9. The van der Waals surface area contributed by atoms with Crippen LogP contribution in [-0.4, -0.2) is 63.1 Å². The van der Waals surface area contributed by atoms with E-state index in [2.05, 4.69) is 44.8 Å². The molecule has 1 atom stereocenters.